The van der Waals surface area contributed by atoms with Gasteiger partial charge < -0.3 is 10.5 Å². The van der Waals surface area contributed by atoms with Gasteiger partial charge in [-0.3, -0.25) is 0 Å². The van der Waals surface area contributed by atoms with Crippen molar-refractivity contribution < 1.29 is 4.74 Å². The van der Waals surface area contributed by atoms with E-state index in [1.54, 1.807) is 0 Å². The van der Waals surface area contributed by atoms with Crippen molar-refractivity contribution in [3.63, 3.8) is 0 Å². The minimum absolute atomic E-state index is 0.363. The molecule has 1 atom stereocenters. The molecule has 0 aliphatic rings. The molecular formula is C21H29NO. The molecule has 2 N–H and O–H groups in total. The second-order valence-electron chi connectivity index (χ2n) is 6.34. The molecule has 0 amide bonds. The van der Waals surface area contributed by atoms with Gasteiger partial charge in [0.2, 0.25) is 0 Å². The van der Waals surface area contributed by atoms with Crippen LogP contribution in [0.4, 0.5) is 0 Å². The summed E-state index contributed by atoms with van der Waals surface area (Å²) in [5.41, 5.74) is 11.4. The fourth-order valence-corrected chi connectivity index (χ4v) is 2.86. The van der Waals surface area contributed by atoms with Crippen LogP contribution in [0.2, 0.25) is 0 Å². The summed E-state index contributed by atoms with van der Waals surface area (Å²) in [5, 5.41) is 0. The van der Waals surface area contributed by atoms with Crippen molar-refractivity contribution in [1.29, 1.82) is 0 Å². The molecule has 0 aromatic heterocycles. The van der Waals surface area contributed by atoms with Crippen LogP contribution in [-0.2, 0) is 6.42 Å². The van der Waals surface area contributed by atoms with Gasteiger partial charge in [-0.25, -0.2) is 0 Å². The Kier molecular flexibility index (Phi) is 6.66. The Morgan fingerprint density at radius 2 is 1.78 bits per heavy atom. The lowest BCUT2D eigenvalue weighted by Gasteiger charge is -2.19. The first-order valence-electron chi connectivity index (χ1n) is 8.63. The van der Waals surface area contributed by atoms with Crippen LogP contribution in [0.15, 0.2) is 42.5 Å². The average Bonchev–Trinajstić information content (AvgIpc) is 2.56. The van der Waals surface area contributed by atoms with Gasteiger partial charge in [0, 0.05) is 5.92 Å². The van der Waals surface area contributed by atoms with Gasteiger partial charge in [-0.1, -0.05) is 49.2 Å². The van der Waals surface area contributed by atoms with Crippen molar-refractivity contribution in [3.05, 3.63) is 64.7 Å². The highest BCUT2D eigenvalue weighted by atomic mass is 16.5. The summed E-state index contributed by atoms with van der Waals surface area (Å²) in [7, 11) is 0. The Labute approximate surface area is 140 Å². The summed E-state index contributed by atoms with van der Waals surface area (Å²) < 4.78 is 5.73. The van der Waals surface area contributed by atoms with Gasteiger partial charge in [0.1, 0.15) is 5.75 Å². The molecule has 0 aliphatic heterocycles. The monoisotopic (exact) mass is 311 g/mol. The van der Waals surface area contributed by atoms with Crippen molar-refractivity contribution >= 4 is 0 Å². The number of hydrogen-bond donors (Lipinski definition) is 1. The summed E-state index contributed by atoms with van der Waals surface area (Å²) in [6.45, 7) is 7.94. The molecule has 0 heterocycles. The quantitative estimate of drug-likeness (QED) is 0.713. The zero-order chi connectivity index (χ0) is 16.7. The van der Waals surface area contributed by atoms with Gasteiger partial charge in [-0.2, -0.15) is 0 Å². The molecular weight excluding hydrogens is 282 g/mol. The summed E-state index contributed by atoms with van der Waals surface area (Å²) in [6, 6.07) is 15.1. The lowest BCUT2D eigenvalue weighted by atomic mass is 9.88. The fourth-order valence-electron chi connectivity index (χ4n) is 2.86. The molecule has 23 heavy (non-hydrogen) atoms. The van der Waals surface area contributed by atoms with Crippen LogP contribution in [0.25, 0.3) is 0 Å². The molecule has 0 fully saturated rings. The second kappa shape index (κ2) is 8.73. The van der Waals surface area contributed by atoms with E-state index in [9.17, 15) is 0 Å². The number of unbranched alkanes of at least 4 members (excludes halogenated alkanes) is 1. The molecule has 2 heteroatoms. The lowest BCUT2D eigenvalue weighted by Crippen LogP contribution is -2.16. The SMILES string of the molecule is CCCCOc1ccc(CC(CN)c2cc(C)ccc2C)cc1. The van der Waals surface area contributed by atoms with E-state index in [1.165, 1.54) is 22.3 Å². The molecule has 0 radical (unpaired) electrons. The number of ether oxygens (including phenoxy) is 1. The van der Waals surface area contributed by atoms with E-state index in [1.807, 2.05) is 0 Å². The zero-order valence-electron chi connectivity index (χ0n) is 14.6. The normalized spacial score (nSPS) is 12.2. The molecule has 0 saturated heterocycles. The molecule has 124 valence electrons. The van der Waals surface area contributed by atoms with Crippen LogP contribution >= 0.6 is 0 Å². The maximum Gasteiger partial charge on any atom is 0.119 e. The highest BCUT2D eigenvalue weighted by Crippen LogP contribution is 2.25. The number of nitrogens with two attached hydrogens (primary N) is 1. The summed E-state index contributed by atoms with van der Waals surface area (Å²) in [4.78, 5) is 0. The highest BCUT2D eigenvalue weighted by Gasteiger charge is 2.13. The van der Waals surface area contributed by atoms with E-state index in [0.29, 0.717) is 12.5 Å². The largest absolute Gasteiger partial charge is 0.494 e. The first kappa shape index (κ1) is 17.6. The Morgan fingerprint density at radius 1 is 1.04 bits per heavy atom. The molecule has 2 rings (SSSR count). The van der Waals surface area contributed by atoms with E-state index in [-0.39, 0.29) is 0 Å². The molecule has 0 aliphatic carbocycles. The van der Waals surface area contributed by atoms with Crippen LogP contribution in [0.3, 0.4) is 0 Å². The summed E-state index contributed by atoms with van der Waals surface area (Å²) >= 11 is 0. The minimum Gasteiger partial charge on any atom is -0.494 e. The van der Waals surface area contributed by atoms with Crippen LogP contribution < -0.4 is 10.5 Å². The maximum atomic E-state index is 6.06. The van der Waals surface area contributed by atoms with Crippen molar-refractivity contribution in [1.82, 2.24) is 0 Å². The smallest absolute Gasteiger partial charge is 0.119 e. The van der Waals surface area contributed by atoms with Gasteiger partial charge in [-0.05, 0) is 62.1 Å². The molecule has 2 nitrogen and oxygen atoms in total. The maximum absolute atomic E-state index is 6.06. The van der Waals surface area contributed by atoms with Crippen LogP contribution in [0.1, 0.15) is 47.9 Å². The number of rotatable bonds is 8. The highest BCUT2D eigenvalue weighted by molar-refractivity contribution is 5.36. The van der Waals surface area contributed by atoms with Crippen molar-refractivity contribution in [3.8, 4) is 5.75 Å². The van der Waals surface area contributed by atoms with Crippen LogP contribution in [-0.4, -0.2) is 13.2 Å². The number of benzene rings is 2. The third-order valence-electron chi connectivity index (χ3n) is 4.33. The fraction of sp³-hybridized carbons (Fsp3) is 0.429. The Balaban J connectivity index is 2.05. The topological polar surface area (TPSA) is 35.2 Å². The molecule has 0 saturated carbocycles. The predicted octanol–water partition coefficient (Wildman–Crippen LogP) is 4.77. The first-order chi connectivity index (χ1) is 11.1. The van der Waals surface area contributed by atoms with E-state index in [0.717, 1.165) is 31.6 Å². The summed E-state index contributed by atoms with van der Waals surface area (Å²) in [5.74, 6) is 1.32. The van der Waals surface area contributed by atoms with Gasteiger partial charge in [0.15, 0.2) is 0 Å². The summed E-state index contributed by atoms with van der Waals surface area (Å²) in [6.07, 6.45) is 3.23. The third-order valence-corrected chi connectivity index (χ3v) is 4.33. The molecule has 2 aromatic carbocycles. The van der Waals surface area contributed by atoms with Crippen molar-refractivity contribution in [2.24, 2.45) is 5.73 Å². The third kappa shape index (κ3) is 5.11. The first-order valence-corrected chi connectivity index (χ1v) is 8.63. The van der Waals surface area contributed by atoms with Crippen molar-refractivity contribution in [2.75, 3.05) is 13.2 Å². The predicted molar refractivity (Wildman–Crippen MR) is 98.3 cm³/mol. The van der Waals surface area contributed by atoms with Crippen molar-refractivity contribution in [2.45, 2.75) is 46.0 Å². The van der Waals surface area contributed by atoms with E-state index in [2.05, 4.69) is 63.2 Å². The Hall–Kier alpha value is -1.80. The van der Waals surface area contributed by atoms with Gasteiger partial charge in [0.05, 0.1) is 6.61 Å². The van der Waals surface area contributed by atoms with E-state index >= 15 is 0 Å². The van der Waals surface area contributed by atoms with Gasteiger partial charge in [0.25, 0.3) is 0 Å². The lowest BCUT2D eigenvalue weighted by molar-refractivity contribution is 0.309. The molecule has 1 unspecified atom stereocenters. The molecule has 0 spiro atoms. The second-order valence-corrected chi connectivity index (χ2v) is 6.34. The van der Waals surface area contributed by atoms with Crippen LogP contribution in [0.5, 0.6) is 5.75 Å². The van der Waals surface area contributed by atoms with Gasteiger partial charge >= 0.3 is 0 Å². The number of aryl methyl sites for hydroxylation is 2. The average molecular weight is 311 g/mol. The van der Waals surface area contributed by atoms with E-state index < -0.39 is 0 Å². The number of hydrogen-bond acceptors (Lipinski definition) is 2. The van der Waals surface area contributed by atoms with Gasteiger partial charge in [-0.15, -0.1) is 0 Å². The van der Waals surface area contributed by atoms with E-state index in [4.69, 9.17) is 10.5 Å². The molecule has 2 aromatic rings. The zero-order valence-corrected chi connectivity index (χ0v) is 14.6. The Bertz CT molecular complexity index is 604. The molecule has 0 bridgehead atoms. The van der Waals surface area contributed by atoms with Crippen LogP contribution in [0, 0.1) is 13.8 Å². The minimum atomic E-state index is 0.363. The Morgan fingerprint density at radius 3 is 2.43 bits per heavy atom. The standard InChI is InChI=1S/C21H29NO/c1-4-5-12-23-20-10-8-18(9-11-20)14-19(15-22)21-13-16(2)6-7-17(21)3/h6-11,13,19H,4-5,12,14-15,22H2,1-3H3.